The third-order valence-corrected chi connectivity index (χ3v) is 12.9. The Kier molecular flexibility index (Phi) is 7.19. The Hall–Kier alpha value is -8.08. The number of hydrogen-bond acceptors (Lipinski definition) is 3. The van der Waals surface area contributed by atoms with Gasteiger partial charge in [-0.15, -0.1) is 0 Å². The summed E-state index contributed by atoms with van der Waals surface area (Å²) in [5.74, 6) is 2.68. The molecule has 61 heavy (non-hydrogen) atoms. The van der Waals surface area contributed by atoms with Crippen molar-refractivity contribution in [1.29, 1.82) is 0 Å². The molecule has 4 heteroatoms. The van der Waals surface area contributed by atoms with Crippen molar-refractivity contribution >= 4 is 32.7 Å². The van der Waals surface area contributed by atoms with Gasteiger partial charge in [-0.1, -0.05) is 170 Å². The molecular formula is C57H35N3O. The van der Waals surface area contributed by atoms with E-state index in [0.29, 0.717) is 0 Å². The molecule has 0 bridgehead atoms. The molecule has 0 fully saturated rings. The first kappa shape index (κ1) is 33.8. The Morgan fingerprint density at radius 1 is 0.410 bits per heavy atom. The van der Waals surface area contributed by atoms with Crippen LogP contribution in [0.2, 0.25) is 0 Å². The molecule has 13 rings (SSSR count). The summed E-state index contributed by atoms with van der Waals surface area (Å²) < 4.78 is 9.41. The molecule has 2 aromatic heterocycles. The lowest BCUT2D eigenvalue weighted by Gasteiger charge is -2.40. The van der Waals surface area contributed by atoms with E-state index in [-0.39, 0.29) is 0 Å². The van der Waals surface area contributed by atoms with Crippen molar-refractivity contribution < 1.29 is 4.74 Å². The Morgan fingerprint density at radius 3 is 1.85 bits per heavy atom. The van der Waals surface area contributed by atoms with Crippen LogP contribution in [0.25, 0.3) is 83.3 Å². The number of para-hydroxylation sites is 5. The molecule has 2 aliphatic rings. The molecule has 0 unspecified atom stereocenters. The first-order valence-corrected chi connectivity index (χ1v) is 20.8. The second-order valence-electron chi connectivity index (χ2n) is 16.0. The average Bonchev–Trinajstić information content (AvgIpc) is 3.86. The van der Waals surface area contributed by atoms with Crippen molar-refractivity contribution in [1.82, 2.24) is 14.5 Å². The SMILES string of the molecule is c1ccc(-n2c(-c3ccc(-c4cccc(-c5nc6ccccc6c6c7c(ccc56)C5(c6ccccc6O7)c6ccccc6-c6ccccc65)c4)cc3)nc3ccccc32)cc1. The summed E-state index contributed by atoms with van der Waals surface area (Å²) in [5.41, 5.74) is 16.2. The smallest absolute Gasteiger partial charge is 0.145 e. The largest absolute Gasteiger partial charge is 0.456 e. The van der Waals surface area contributed by atoms with Crippen molar-refractivity contribution in [2.24, 2.45) is 0 Å². The van der Waals surface area contributed by atoms with E-state index in [1.165, 1.54) is 22.3 Å². The van der Waals surface area contributed by atoms with Crippen LogP contribution in [0.15, 0.2) is 212 Å². The lowest BCUT2D eigenvalue weighted by molar-refractivity contribution is 0.442. The van der Waals surface area contributed by atoms with Crippen LogP contribution in [-0.4, -0.2) is 14.5 Å². The van der Waals surface area contributed by atoms with Gasteiger partial charge >= 0.3 is 0 Å². The summed E-state index contributed by atoms with van der Waals surface area (Å²) in [6.45, 7) is 0. The molecule has 1 aliphatic heterocycles. The molecule has 0 N–H and O–H groups in total. The van der Waals surface area contributed by atoms with Gasteiger partial charge in [0, 0.05) is 44.1 Å². The lowest BCUT2D eigenvalue weighted by Crippen LogP contribution is -2.32. The van der Waals surface area contributed by atoms with Crippen LogP contribution in [0, 0.1) is 0 Å². The maximum atomic E-state index is 7.17. The third-order valence-electron chi connectivity index (χ3n) is 12.9. The summed E-state index contributed by atoms with van der Waals surface area (Å²) in [5, 5.41) is 3.20. The first-order valence-electron chi connectivity index (χ1n) is 20.8. The zero-order valence-corrected chi connectivity index (χ0v) is 33.0. The van der Waals surface area contributed by atoms with E-state index in [4.69, 9.17) is 14.7 Å². The topological polar surface area (TPSA) is 39.9 Å². The highest BCUT2D eigenvalue weighted by Gasteiger charge is 2.51. The van der Waals surface area contributed by atoms with Crippen molar-refractivity contribution in [2.45, 2.75) is 5.41 Å². The summed E-state index contributed by atoms with van der Waals surface area (Å²) >= 11 is 0. The zero-order valence-electron chi connectivity index (χ0n) is 33.0. The van der Waals surface area contributed by atoms with Gasteiger partial charge in [-0.3, -0.25) is 4.57 Å². The minimum absolute atomic E-state index is 0.548. The van der Waals surface area contributed by atoms with E-state index in [2.05, 4.69) is 205 Å². The Balaban J connectivity index is 0.982. The van der Waals surface area contributed by atoms with Crippen LogP contribution in [0.3, 0.4) is 0 Å². The molecule has 1 spiro atoms. The number of pyridine rings is 1. The molecule has 0 saturated carbocycles. The molecule has 0 saturated heterocycles. The maximum absolute atomic E-state index is 7.17. The molecule has 11 aromatic rings. The molecular weight excluding hydrogens is 743 g/mol. The van der Waals surface area contributed by atoms with Crippen LogP contribution in [0.1, 0.15) is 22.3 Å². The van der Waals surface area contributed by atoms with Gasteiger partial charge in [-0.2, -0.15) is 0 Å². The standard InChI is InChI=1S/C57H35N3O/c1-2-17-40(18-3-1)60-51-27-12-11-26-50(51)59-56(60)37-31-29-36(30-32-37)38-15-14-16-39(35-38)54-44-33-34-48-55(53(44)43-21-6-10-25-49(43)58-54)61-52-28-13-9-24-47(52)57(48)45-22-7-4-19-41(45)42-20-5-8-23-46(42)57/h1-35H. The number of benzene rings is 9. The summed E-state index contributed by atoms with van der Waals surface area (Å²) in [7, 11) is 0. The van der Waals surface area contributed by atoms with Crippen LogP contribution < -0.4 is 4.74 Å². The first-order chi connectivity index (χ1) is 30.3. The fraction of sp³-hybridized carbons (Fsp3) is 0.0175. The van der Waals surface area contributed by atoms with Gasteiger partial charge in [0.05, 0.1) is 27.7 Å². The van der Waals surface area contributed by atoms with Crippen molar-refractivity contribution in [2.75, 3.05) is 0 Å². The average molecular weight is 778 g/mol. The number of nitrogens with zero attached hydrogens (tertiary/aromatic N) is 3. The van der Waals surface area contributed by atoms with Gasteiger partial charge in [0.25, 0.3) is 0 Å². The molecule has 0 radical (unpaired) electrons. The monoisotopic (exact) mass is 777 g/mol. The normalized spacial score (nSPS) is 13.2. The van der Waals surface area contributed by atoms with Crippen LogP contribution in [0.5, 0.6) is 11.5 Å². The van der Waals surface area contributed by atoms with Gasteiger partial charge in [0.15, 0.2) is 0 Å². The highest BCUT2D eigenvalue weighted by molar-refractivity contribution is 6.15. The number of hydrogen-bond donors (Lipinski definition) is 0. The number of fused-ring (bicyclic) bond motifs is 14. The highest BCUT2D eigenvalue weighted by atomic mass is 16.5. The molecule has 3 heterocycles. The molecule has 9 aromatic carbocycles. The minimum atomic E-state index is -0.548. The molecule has 1 aliphatic carbocycles. The second-order valence-corrected chi connectivity index (χ2v) is 16.0. The van der Waals surface area contributed by atoms with Gasteiger partial charge in [-0.25, -0.2) is 9.97 Å². The predicted octanol–water partition coefficient (Wildman–Crippen LogP) is 14.2. The molecule has 284 valence electrons. The molecule has 4 nitrogen and oxygen atoms in total. The van der Waals surface area contributed by atoms with E-state index in [1.54, 1.807) is 0 Å². The van der Waals surface area contributed by atoms with Crippen LogP contribution in [-0.2, 0) is 5.41 Å². The third kappa shape index (κ3) is 4.82. The molecule has 0 amide bonds. The fourth-order valence-corrected chi connectivity index (χ4v) is 10.3. The fourth-order valence-electron chi connectivity index (χ4n) is 10.3. The Morgan fingerprint density at radius 2 is 1.05 bits per heavy atom. The van der Waals surface area contributed by atoms with Gasteiger partial charge in [-0.05, 0) is 75.8 Å². The van der Waals surface area contributed by atoms with E-state index in [1.807, 2.05) is 12.1 Å². The predicted molar refractivity (Wildman–Crippen MR) is 248 cm³/mol. The Bertz CT molecular complexity index is 3520. The number of ether oxygens (including phenoxy) is 1. The lowest BCUT2D eigenvalue weighted by atomic mass is 9.65. The minimum Gasteiger partial charge on any atom is -0.456 e. The van der Waals surface area contributed by atoms with E-state index < -0.39 is 5.41 Å². The number of imidazole rings is 1. The quantitative estimate of drug-likeness (QED) is 0.167. The summed E-state index contributed by atoms with van der Waals surface area (Å²) in [6.07, 6.45) is 0. The van der Waals surface area contributed by atoms with E-state index >= 15 is 0 Å². The van der Waals surface area contributed by atoms with Crippen molar-refractivity contribution in [3.63, 3.8) is 0 Å². The van der Waals surface area contributed by atoms with Crippen LogP contribution in [0.4, 0.5) is 0 Å². The van der Waals surface area contributed by atoms with Crippen LogP contribution >= 0.6 is 0 Å². The second kappa shape index (κ2) is 13.0. The number of rotatable bonds is 4. The van der Waals surface area contributed by atoms with E-state index in [0.717, 1.165) is 94.8 Å². The maximum Gasteiger partial charge on any atom is 0.145 e. The number of aromatic nitrogens is 3. The van der Waals surface area contributed by atoms with Gasteiger partial charge in [0.2, 0.25) is 0 Å². The summed E-state index contributed by atoms with van der Waals surface area (Å²) in [6, 6.07) is 75.8. The zero-order chi connectivity index (χ0) is 40.1. The van der Waals surface area contributed by atoms with Crippen molar-refractivity contribution in [3.8, 4) is 62.1 Å². The van der Waals surface area contributed by atoms with Gasteiger partial charge in [0.1, 0.15) is 17.3 Å². The van der Waals surface area contributed by atoms with Gasteiger partial charge < -0.3 is 4.74 Å². The van der Waals surface area contributed by atoms with E-state index in [9.17, 15) is 0 Å². The summed E-state index contributed by atoms with van der Waals surface area (Å²) in [4.78, 5) is 10.5. The highest BCUT2D eigenvalue weighted by Crippen LogP contribution is 2.63. The molecule has 0 atom stereocenters. The van der Waals surface area contributed by atoms with Crippen molar-refractivity contribution in [3.05, 3.63) is 235 Å². The Labute approximate surface area is 352 Å².